The Hall–Kier alpha value is -0.940. The van der Waals surface area contributed by atoms with Gasteiger partial charge in [-0.2, -0.15) is 0 Å². The van der Waals surface area contributed by atoms with Gasteiger partial charge in [0.25, 0.3) is 0 Å². The van der Waals surface area contributed by atoms with E-state index in [4.69, 9.17) is 15.3 Å². The number of hydrogen-bond acceptors (Lipinski definition) is 4. The first-order valence-electron chi connectivity index (χ1n) is 5.24. The van der Waals surface area contributed by atoms with Gasteiger partial charge in [-0.1, -0.05) is 0 Å². The van der Waals surface area contributed by atoms with E-state index in [1.807, 2.05) is 13.0 Å². The van der Waals surface area contributed by atoms with E-state index in [1.165, 1.54) is 0 Å². The summed E-state index contributed by atoms with van der Waals surface area (Å²) in [6, 6.07) is 1.91. The molecule has 3 N–H and O–H groups in total. The van der Waals surface area contributed by atoms with Crippen LogP contribution in [0.25, 0.3) is 0 Å². The zero-order chi connectivity index (χ0) is 11.8. The fourth-order valence-corrected chi connectivity index (χ4v) is 3.32. The zero-order valence-electron chi connectivity index (χ0n) is 9.10. The van der Waals surface area contributed by atoms with Crippen LogP contribution in [0.15, 0.2) is 21.6 Å². The number of carboxylic acids is 1. The first-order chi connectivity index (χ1) is 7.51. The first kappa shape index (κ1) is 11.5. The number of carboxylic acid groups (broad SMARTS) is 1. The van der Waals surface area contributed by atoms with Gasteiger partial charge in [-0.05, 0) is 32.3 Å². The average Bonchev–Trinajstić information content (AvgIpc) is 2.77. The molecule has 0 radical (unpaired) electrons. The predicted molar refractivity (Wildman–Crippen MR) is 61.5 cm³/mol. The van der Waals surface area contributed by atoms with Crippen LogP contribution < -0.4 is 5.73 Å². The molecule has 88 valence electrons. The number of nitrogens with two attached hydrogens (primary N) is 1. The van der Waals surface area contributed by atoms with Gasteiger partial charge in [0, 0.05) is 10.1 Å². The molecule has 4 nitrogen and oxygen atoms in total. The Morgan fingerprint density at radius 1 is 1.75 bits per heavy atom. The van der Waals surface area contributed by atoms with Crippen molar-refractivity contribution in [1.82, 2.24) is 0 Å². The van der Waals surface area contributed by atoms with Crippen LogP contribution in [-0.2, 0) is 4.79 Å². The lowest BCUT2D eigenvalue weighted by atomic mass is 10.0. The molecule has 1 heterocycles. The summed E-state index contributed by atoms with van der Waals surface area (Å²) in [5, 5.41) is 9.29. The highest BCUT2D eigenvalue weighted by Gasteiger charge is 2.42. The Balaban J connectivity index is 2.00. The van der Waals surface area contributed by atoms with E-state index in [0.717, 1.165) is 17.1 Å². The van der Waals surface area contributed by atoms with Crippen LogP contribution in [0.2, 0.25) is 0 Å². The molecule has 0 saturated heterocycles. The second kappa shape index (κ2) is 4.14. The summed E-state index contributed by atoms with van der Waals surface area (Å²) in [6.45, 7) is 1.91. The van der Waals surface area contributed by atoms with Gasteiger partial charge < -0.3 is 15.3 Å². The summed E-state index contributed by atoms with van der Waals surface area (Å²) in [7, 11) is 0. The number of furan rings is 1. The van der Waals surface area contributed by atoms with Crippen molar-refractivity contribution in [2.75, 3.05) is 0 Å². The Morgan fingerprint density at radius 2 is 2.50 bits per heavy atom. The number of rotatable bonds is 3. The van der Waals surface area contributed by atoms with Crippen molar-refractivity contribution in [1.29, 1.82) is 0 Å². The lowest BCUT2D eigenvalue weighted by Gasteiger charge is -2.17. The van der Waals surface area contributed by atoms with Crippen LogP contribution in [0.3, 0.4) is 0 Å². The molecular formula is C11H15NO3S. The third-order valence-electron chi connectivity index (χ3n) is 3.04. The van der Waals surface area contributed by atoms with E-state index in [0.29, 0.717) is 12.8 Å². The van der Waals surface area contributed by atoms with E-state index in [-0.39, 0.29) is 5.25 Å². The monoisotopic (exact) mass is 241 g/mol. The van der Waals surface area contributed by atoms with Gasteiger partial charge in [0.15, 0.2) is 0 Å². The molecule has 0 spiro atoms. The van der Waals surface area contributed by atoms with Crippen molar-refractivity contribution < 1.29 is 14.3 Å². The highest BCUT2D eigenvalue weighted by Crippen LogP contribution is 2.40. The van der Waals surface area contributed by atoms with E-state index in [2.05, 4.69) is 0 Å². The van der Waals surface area contributed by atoms with Gasteiger partial charge in [0.2, 0.25) is 0 Å². The third-order valence-corrected chi connectivity index (χ3v) is 4.45. The molecule has 2 unspecified atom stereocenters. The largest absolute Gasteiger partial charge is 0.480 e. The standard InChI is InChI=1S/C11H15NO3S/c1-7-9(3-5-15-7)16-8-2-4-11(12,6-8)10(13)14/h3,5,8H,2,4,6,12H2,1H3,(H,13,14). The van der Waals surface area contributed by atoms with E-state index in [1.54, 1.807) is 18.0 Å². The lowest BCUT2D eigenvalue weighted by molar-refractivity contribution is -0.143. The quantitative estimate of drug-likeness (QED) is 0.846. The number of carbonyl (C=O) groups is 1. The highest BCUT2D eigenvalue weighted by atomic mass is 32.2. The molecule has 1 aromatic rings. The molecule has 1 saturated carbocycles. The predicted octanol–water partition coefficient (Wildman–Crippen LogP) is 2.01. The Morgan fingerprint density at radius 3 is 3.00 bits per heavy atom. The molecule has 1 aliphatic carbocycles. The summed E-state index contributed by atoms with van der Waals surface area (Å²) in [5.41, 5.74) is 4.79. The van der Waals surface area contributed by atoms with Crippen molar-refractivity contribution >= 4 is 17.7 Å². The van der Waals surface area contributed by atoms with Crippen molar-refractivity contribution in [3.05, 3.63) is 18.1 Å². The minimum Gasteiger partial charge on any atom is -0.480 e. The molecule has 2 rings (SSSR count). The normalized spacial score (nSPS) is 29.5. The van der Waals surface area contributed by atoms with Crippen LogP contribution in [0.5, 0.6) is 0 Å². The molecule has 1 fully saturated rings. The third kappa shape index (κ3) is 2.10. The van der Waals surface area contributed by atoms with Crippen LogP contribution >= 0.6 is 11.8 Å². The Bertz CT molecular complexity index is 404. The molecule has 2 atom stereocenters. The Labute approximate surface area is 98.2 Å². The maximum atomic E-state index is 11.0. The molecule has 0 bridgehead atoms. The van der Waals surface area contributed by atoms with Crippen LogP contribution in [-0.4, -0.2) is 21.9 Å². The van der Waals surface area contributed by atoms with E-state index >= 15 is 0 Å². The number of aliphatic carboxylic acids is 1. The van der Waals surface area contributed by atoms with Gasteiger partial charge in [-0.15, -0.1) is 11.8 Å². The van der Waals surface area contributed by atoms with E-state index < -0.39 is 11.5 Å². The molecule has 0 aliphatic heterocycles. The number of hydrogen-bond donors (Lipinski definition) is 2. The summed E-state index contributed by atoms with van der Waals surface area (Å²) in [5.74, 6) is -0.00522. The van der Waals surface area contributed by atoms with Gasteiger partial charge in [-0.3, -0.25) is 4.79 Å². The molecule has 1 aliphatic rings. The summed E-state index contributed by atoms with van der Waals surface area (Å²) in [6.07, 6.45) is 3.58. The molecule has 5 heteroatoms. The fourth-order valence-electron chi connectivity index (χ4n) is 2.00. The zero-order valence-corrected chi connectivity index (χ0v) is 9.92. The highest BCUT2D eigenvalue weighted by molar-refractivity contribution is 8.00. The van der Waals surface area contributed by atoms with Crippen LogP contribution in [0.4, 0.5) is 0 Å². The molecule has 0 aromatic carbocycles. The van der Waals surface area contributed by atoms with E-state index in [9.17, 15) is 4.79 Å². The fraction of sp³-hybridized carbons (Fsp3) is 0.545. The molecular weight excluding hydrogens is 226 g/mol. The molecule has 0 amide bonds. The van der Waals surface area contributed by atoms with Crippen molar-refractivity contribution in [3.8, 4) is 0 Å². The van der Waals surface area contributed by atoms with Crippen LogP contribution in [0.1, 0.15) is 25.0 Å². The van der Waals surface area contributed by atoms with Crippen molar-refractivity contribution in [2.45, 2.75) is 41.9 Å². The average molecular weight is 241 g/mol. The summed E-state index contributed by atoms with van der Waals surface area (Å²) < 4.78 is 5.21. The second-order valence-electron chi connectivity index (χ2n) is 4.28. The van der Waals surface area contributed by atoms with Crippen molar-refractivity contribution in [2.24, 2.45) is 5.73 Å². The van der Waals surface area contributed by atoms with Gasteiger partial charge in [-0.25, -0.2) is 0 Å². The summed E-state index contributed by atoms with van der Waals surface area (Å²) in [4.78, 5) is 12.1. The smallest absolute Gasteiger partial charge is 0.323 e. The van der Waals surface area contributed by atoms with Crippen molar-refractivity contribution in [3.63, 3.8) is 0 Å². The van der Waals surface area contributed by atoms with Crippen LogP contribution in [0, 0.1) is 6.92 Å². The molecule has 16 heavy (non-hydrogen) atoms. The Kier molecular flexibility index (Phi) is 2.99. The van der Waals surface area contributed by atoms with Gasteiger partial charge in [0.1, 0.15) is 11.3 Å². The number of aryl methyl sites for hydroxylation is 1. The van der Waals surface area contributed by atoms with Gasteiger partial charge in [0.05, 0.1) is 6.26 Å². The maximum Gasteiger partial charge on any atom is 0.323 e. The molecule has 1 aromatic heterocycles. The second-order valence-corrected chi connectivity index (χ2v) is 5.63. The van der Waals surface area contributed by atoms with Gasteiger partial charge >= 0.3 is 5.97 Å². The minimum absolute atomic E-state index is 0.275. The summed E-state index contributed by atoms with van der Waals surface area (Å²) >= 11 is 1.67. The topological polar surface area (TPSA) is 76.5 Å². The first-order valence-corrected chi connectivity index (χ1v) is 6.12. The maximum absolute atomic E-state index is 11.0. The minimum atomic E-state index is -1.03. The lowest BCUT2D eigenvalue weighted by Crippen LogP contribution is -2.45. The SMILES string of the molecule is Cc1occc1SC1CCC(N)(C(=O)O)C1. The number of thioether (sulfide) groups is 1.